The number of nitrogens with one attached hydrogen (secondary N) is 2. The zero-order valence-electron chi connectivity index (χ0n) is 15.6. The van der Waals surface area contributed by atoms with Gasteiger partial charge < -0.3 is 15.1 Å². The number of furan rings is 1. The van der Waals surface area contributed by atoms with Crippen LogP contribution in [0.15, 0.2) is 22.6 Å². The van der Waals surface area contributed by atoms with E-state index in [1.165, 1.54) is 4.68 Å². The summed E-state index contributed by atoms with van der Waals surface area (Å²) < 4.78 is 7.30. The van der Waals surface area contributed by atoms with Gasteiger partial charge in [-0.1, -0.05) is 27.7 Å². The number of nitrogens with zero attached hydrogens (tertiary/aromatic N) is 2. The maximum Gasteiger partial charge on any atom is 0.314 e. The van der Waals surface area contributed by atoms with Gasteiger partial charge in [0.05, 0.1) is 11.7 Å². The molecule has 2 N–H and O–H groups in total. The van der Waals surface area contributed by atoms with E-state index in [1.807, 2.05) is 46.8 Å². The van der Waals surface area contributed by atoms with E-state index in [4.69, 9.17) is 4.42 Å². The van der Waals surface area contributed by atoms with Crippen LogP contribution in [0.4, 0.5) is 5.82 Å². The smallest absolute Gasteiger partial charge is 0.314 e. The average Bonchev–Trinajstić information content (AvgIpc) is 3.09. The zero-order chi connectivity index (χ0) is 18.8. The summed E-state index contributed by atoms with van der Waals surface area (Å²) in [6.07, 6.45) is 0.769. The Morgan fingerprint density at radius 3 is 2.44 bits per heavy atom. The fourth-order valence-electron chi connectivity index (χ4n) is 2.55. The maximum absolute atomic E-state index is 12.4. The van der Waals surface area contributed by atoms with E-state index in [0.717, 1.165) is 17.9 Å². The number of rotatable bonds is 4. The third kappa shape index (κ3) is 4.49. The summed E-state index contributed by atoms with van der Waals surface area (Å²) in [5.41, 5.74) is 0.440. The Hall–Kier alpha value is -2.57. The summed E-state index contributed by atoms with van der Waals surface area (Å²) in [4.78, 5) is 24.6. The standard InChI is InChI=1S/C18H26N4O3/c1-7-12-8-9-13(25-12)15(18(3,4)5)20-17(24)16(23)19-14-10-11(2)21-22(14)6/h8-10,15H,7H2,1-6H3,(H,19,23)(H,20,24)/t15-/m0/s1. The van der Waals surface area contributed by atoms with Crippen LogP contribution in [0.2, 0.25) is 0 Å². The second kappa shape index (κ2) is 7.13. The Morgan fingerprint density at radius 2 is 1.96 bits per heavy atom. The summed E-state index contributed by atoms with van der Waals surface area (Å²) in [5, 5.41) is 9.50. The Labute approximate surface area is 147 Å². The molecule has 0 aliphatic carbocycles. The number of amides is 2. The van der Waals surface area contributed by atoms with Crippen molar-refractivity contribution >= 4 is 17.6 Å². The SMILES string of the molecule is CCc1ccc([C@H](NC(=O)C(=O)Nc2cc(C)nn2C)C(C)(C)C)o1. The fraction of sp³-hybridized carbons (Fsp3) is 0.500. The normalized spacial score (nSPS) is 12.7. The number of carbonyl (C=O) groups excluding carboxylic acids is 2. The van der Waals surface area contributed by atoms with Gasteiger partial charge in [0, 0.05) is 19.5 Å². The Bertz CT molecular complexity index is 768. The molecule has 136 valence electrons. The van der Waals surface area contributed by atoms with E-state index >= 15 is 0 Å². The lowest BCUT2D eigenvalue weighted by atomic mass is 9.85. The fourth-order valence-corrected chi connectivity index (χ4v) is 2.55. The maximum atomic E-state index is 12.4. The first-order valence-corrected chi connectivity index (χ1v) is 8.33. The summed E-state index contributed by atoms with van der Waals surface area (Å²) in [6.45, 7) is 9.75. The number of hydrogen-bond donors (Lipinski definition) is 2. The molecule has 0 aromatic carbocycles. The van der Waals surface area contributed by atoms with Crippen LogP contribution in [0.25, 0.3) is 0 Å². The first kappa shape index (κ1) is 18.8. The molecule has 2 amide bonds. The van der Waals surface area contributed by atoms with Crippen molar-refractivity contribution in [1.82, 2.24) is 15.1 Å². The minimum Gasteiger partial charge on any atom is -0.464 e. The van der Waals surface area contributed by atoms with Crippen LogP contribution in [0.3, 0.4) is 0 Å². The van der Waals surface area contributed by atoms with Gasteiger partial charge in [-0.15, -0.1) is 0 Å². The van der Waals surface area contributed by atoms with E-state index in [9.17, 15) is 9.59 Å². The van der Waals surface area contributed by atoms with E-state index in [-0.39, 0.29) is 5.41 Å². The molecule has 7 heteroatoms. The van der Waals surface area contributed by atoms with Gasteiger partial charge in [0.15, 0.2) is 0 Å². The Morgan fingerprint density at radius 1 is 1.28 bits per heavy atom. The van der Waals surface area contributed by atoms with E-state index in [0.29, 0.717) is 11.6 Å². The van der Waals surface area contributed by atoms with Gasteiger partial charge in [-0.3, -0.25) is 14.3 Å². The summed E-state index contributed by atoms with van der Waals surface area (Å²) in [6, 6.07) is 5.02. The number of carbonyl (C=O) groups is 2. The lowest BCUT2D eigenvalue weighted by Crippen LogP contribution is -2.42. The molecule has 0 bridgehead atoms. The van der Waals surface area contributed by atoms with Gasteiger partial charge in [0.1, 0.15) is 17.3 Å². The molecule has 0 spiro atoms. The van der Waals surface area contributed by atoms with Crippen LogP contribution in [-0.4, -0.2) is 21.6 Å². The quantitative estimate of drug-likeness (QED) is 0.833. The molecule has 7 nitrogen and oxygen atoms in total. The lowest BCUT2D eigenvalue weighted by molar-refractivity contribution is -0.137. The summed E-state index contributed by atoms with van der Waals surface area (Å²) in [5.74, 6) is 0.499. The molecular weight excluding hydrogens is 320 g/mol. The highest BCUT2D eigenvalue weighted by molar-refractivity contribution is 6.39. The van der Waals surface area contributed by atoms with Gasteiger partial charge in [0.25, 0.3) is 0 Å². The second-order valence-corrected chi connectivity index (χ2v) is 7.18. The highest BCUT2D eigenvalue weighted by Gasteiger charge is 2.32. The minimum atomic E-state index is -0.737. The predicted molar refractivity (Wildman–Crippen MR) is 95.0 cm³/mol. The monoisotopic (exact) mass is 346 g/mol. The first-order valence-electron chi connectivity index (χ1n) is 8.33. The number of anilines is 1. The van der Waals surface area contributed by atoms with Crippen LogP contribution < -0.4 is 10.6 Å². The third-order valence-electron chi connectivity index (χ3n) is 3.91. The van der Waals surface area contributed by atoms with Crippen LogP contribution in [0.5, 0.6) is 0 Å². The van der Waals surface area contributed by atoms with E-state index in [1.54, 1.807) is 13.1 Å². The highest BCUT2D eigenvalue weighted by Crippen LogP contribution is 2.33. The molecule has 0 aliphatic rings. The van der Waals surface area contributed by atoms with Crippen molar-refractivity contribution in [3.8, 4) is 0 Å². The van der Waals surface area contributed by atoms with Crippen LogP contribution >= 0.6 is 0 Å². The Balaban J connectivity index is 2.13. The van der Waals surface area contributed by atoms with Gasteiger partial charge in [-0.2, -0.15) is 5.10 Å². The molecule has 0 saturated carbocycles. The molecule has 0 radical (unpaired) electrons. The Kier molecular flexibility index (Phi) is 5.35. The van der Waals surface area contributed by atoms with Crippen molar-refractivity contribution in [2.24, 2.45) is 12.5 Å². The van der Waals surface area contributed by atoms with Crippen molar-refractivity contribution in [3.63, 3.8) is 0 Å². The number of aromatic nitrogens is 2. The molecule has 25 heavy (non-hydrogen) atoms. The topological polar surface area (TPSA) is 89.2 Å². The molecule has 0 aliphatic heterocycles. The van der Waals surface area contributed by atoms with Gasteiger partial charge in [-0.05, 0) is 24.5 Å². The predicted octanol–water partition coefficient (Wildman–Crippen LogP) is 2.73. The first-order chi connectivity index (χ1) is 11.6. The average molecular weight is 346 g/mol. The molecule has 1 atom stereocenters. The lowest BCUT2D eigenvalue weighted by Gasteiger charge is -2.29. The highest BCUT2D eigenvalue weighted by atomic mass is 16.3. The van der Waals surface area contributed by atoms with E-state index in [2.05, 4.69) is 15.7 Å². The second-order valence-electron chi connectivity index (χ2n) is 7.18. The molecule has 2 aromatic heterocycles. The van der Waals surface area contributed by atoms with Crippen LogP contribution in [-0.2, 0) is 23.1 Å². The van der Waals surface area contributed by atoms with Crippen LogP contribution in [0, 0.1) is 12.3 Å². The number of hydrogen-bond acceptors (Lipinski definition) is 4. The molecular formula is C18H26N4O3. The van der Waals surface area contributed by atoms with Gasteiger partial charge in [0.2, 0.25) is 0 Å². The molecule has 0 unspecified atom stereocenters. The number of aryl methyl sites for hydroxylation is 3. The molecule has 2 heterocycles. The van der Waals surface area contributed by atoms with Crippen molar-refractivity contribution in [1.29, 1.82) is 0 Å². The van der Waals surface area contributed by atoms with Gasteiger partial charge >= 0.3 is 11.8 Å². The summed E-state index contributed by atoms with van der Waals surface area (Å²) in [7, 11) is 1.70. The molecule has 0 fully saturated rings. The van der Waals surface area contributed by atoms with Crippen molar-refractivity contribution in [3.05, 3.63) is 35.4 Å². The largest absolute Gasteiger partial charge is 0.464 e. The van der Waals surface area contributed by atoms with Crippen LogP contribution in [0.1, 0.15) is 51.0 Å². The zero-order valence-corrected chi connectivity index (χ0v) is 15.6. The third-order valence-corrected chi connectivity index (χ3v) is 3.91. The van der Waals surface area contributed by atoms with Crippen molar-refractivity contribution in [2.75, 3.05) is 5.32 Å². The minimum absolute atomic E-state index is 0.318. The molecule has 0 saturated heterocycles. The molecule has 2 aromatic rings. The summed E-state index contributed by atoms with van der Waals surface area (Å²) >= 11 is 0. The van der Waals surface area contributed by atoms with Crippen molar-refractivity contribution < 1.29 is 14.0 Å². The van der Waals surface area contributed by atoms with Crippen molar-refractivity contribution in [2.45, 2.75) is 47.1 Å². The van der Waals surface area contributed by atoms with E-state index < -0.39 is 17.9 Å². The molecule has 2 rings (SSSR count). The van der Waals surface area contributed by atoms with Gasteiger partial charge in [-0.25, -0.2) is 0 Å².